The average molecular weight is 233 g/mol. The van der Waals surface area contributed by atoms with Crippen LogP contribution in [-0.4, -0.2) is 19.8 Å². The summed E-state index contributed by atoms with van der Waals surface area (Å²) >= 11 is 0. The van der Waals surface area contributed by atoms with Crippen molar-refractivity contribution in [2.24, 2.45) is 11.7 Å². The van der Waals surface area contributed by atoms with E-state index in [9.17, 15) is 0 Å². The van der Waals surface area contributed by atoms with Crippen molar-refractivity contribution in [3.05, 3.63) is 23.3 Å². The highest BCUT2D eigenvalue weighted by Gasteiger charge is 2.39. The van der Waals surface area contributed by atoms with Gasteiger partial charge in [-0.3, -0.25) is 0 Å². The number of hydrogen-bond donors (Lipinski definition) is 1. The van der Waals surface area contributed by atoms with Crippen molar-refractivity contribution >= 4 is 0 Å². The smallest absolute Gasteiger partial charge is 0.123 e. The van der Waals surface area contributed by atoms with Crippen molar-refractivity contribution in [2.45, 2.75) is 31.8 Å². The third kappa shape index (κ3) is 1.78. The van der Waals surface area contributed by atoms with Crippen molar-refractivity contribution in [3.8, 4) is 11.5 Å². The summed E-state index contributed by atoms with van der Waals surface area (Å²) in [6.45, 7) is 2.87. The van der Waals surface area contributed by atoms with Crippen LogP contribution < -0.4 is 15.2 Å². The lowest BCUT2D eigenvalue weighted by molar-refractivity contribution is 0.254. The summed E-state index contributed by atoms with van der Waals surface area (Å²) in [7, 11) is 1.74. The molecule has 0 aromatic heterocycles. The molecule has 1 aromatic rings. The van der Waals surface area contributed by atoms with E-state index >= 15 is 0 Å². The van der Waals surface area contributed by atoms with Gasteiger partial charge in [0.1, 0.15) is 17.6 Å². The lowest BCUT2D eigenvalue weighted by atomic mass is 10.0. The quantitative estimate of drug-likeness (QED) is 0.869. The zero-order valence-electron chi connectivity index (χ0n) is 10.4. The van der Waals surface area contributed by atoms with Gasteiger partial charge in [0, 0.05) is 17.5 Å². The van der Waals surface area contributed by atoms with Crippen molar-refractivity contribution in [2.75, 3.05) is 13.7 Å². The third-order valence-corrected chi connectivity index (χ3v) is 3.87. The second-order valence-electron chi connectivity index (χ2n) is 5.17. The van der Waals surface area contributed by atoms with E-state index in [4.69, 9.17) is 15.2 Å². The zero-order valence-corrected chi connectivity index (χ0v) is 10.4. The number of benzene rings is 1. The van der Waals surface area contributed by atoms with Gasteiger partial charge in [0.15, 0.2) is 0 Å². The molecular formula is C14H19NO2. The SMILES string of the molecule is COc1cc2c(cc1C1CC1CN)OC(C)C2. The minimum atomic E-state index is 0.287. The first-order valence-electron chi connectivity index (χ1n) is 6.30. The Morgan fingerprint density at radius 3 is 2.94 bits per heavy atom. The zero-order chi connectivity index (χ0) is 12.0. The van der Waals surface area contributed by atoms with Crippen LogP contribution in [0.4, 0.5) is 0 Å². The molecule has 0 amide bonds. The van der Waals surface area contributed by atoms with Crippen LogP contribution in [0.2, 0.25) is 0 Å². The van der Waals surface area contributed by atoms with Crippen LogP contribution in [0.1, 0.15) is 30.4 Å². The molecule has 3 rings (SSSR count). The molecule has 92 valence electrons. The van der Waals surface area contributed by atoms with E-state index < -0.39 is 0 Å². The van der Waals surface area contributed by atoms with E-state index in [1.54, 1.807) is 7.11 Å². The Labute approximate surface area is 102 Å². The van der Waals surface area contributed by atoms with E-state index in [1.807, 2.05) is 0 Å². The molecule has 0 radical (unpaired) electrons. The van der Waals surface area contributed by atoms with Gasteiger partial charge in [0.2, 0.25) is 0 Å². The van der Waals surface area contributed by atoms with Crippen LogP contribution >= 0.6 is 0 Å². The van der Waals surface area contributed by atoms with E-state index in [0.29, 0.717) is 11.8 Å². The van der Waals surface area contributed by atoms with Gasteiger partial charge < -0.3 is 15.2 Å². The predicted octanol–water partition coefficient (Wildman–Crippen LogP) is 2.08. The Hall–Kier alpha value is -1.22. The molecule has 3 nitrogen and oxygen atoms in total. The maximum Gasteiger partial charge on any atom is 0.123 e. The van der Waals surface area contributed by atoms with Gasteiger partial charge in [-0.1, -0.05) is 0 Å². The Kier molecular flexibility index (Phi) is 2.51. The largest absolute Gasteiger partial charge is 0.496 e. The van der Waals surface area contributed by atoms with Crippen molar-refractivity contribution in [1.29, 1.82) is 0 Å². The first-order valence-corrected chi connectivity index (χ1v) is 6.30. The van der Waals surface area contributed by atoms with Crippen LogP contribution in [-0.2, 0) is 6.42 Å². The highest BCUT2D eigenvalue weighted by molar-refractivity contribution is 5.51. The molecule has 3 heteroatoms. The molecule has 1 saturated carbocycles. The number of rotatable bonds is 3. The molecule has 0 bridgehead atoms. The molecule has 2 N–H and O–H groups in total. The van der Waals surface area contributed by atoms with Crippen LogP contribution in [0.5, 0.6) is 11.5 Å². The fraction of sp³-hybridized carbons (Fsp3) is 0.571. The summed E-state index contributed by atoms with van der Waals surface area (Å²) < 4.78 is 11.3. The average Bonchev–Trinajstić information content (AvgIpc) is 3.02. The minimum Gasteiger partial charge on any atom is -0.496 e. The first-order chi connectivity index (χ1) is 8.22. The lowest BCUT2D eigenvalue weighted by Gasteiger charge is -2.10. The predicted molar refractivity (Wildman–Crippen MR) is 66.7 cm³/mol. The molecule has 0 spiro atoms. The number of methoxy groups -OCH3 is 1. The van der Waals surface area contributed by atoms with E-state index in [2.05, 4.69) is 19.1 Å². The summed E-state index contributed by atoms with van der Waals surface area (Å²) in [4.78, 5) is 0. The molecule has 1 heterocycles. The fourth-order valence-electron chi connectivity index (χ4n) is 2.81. The summed E-state index contributed by atoms with van der Waals surface area (Å²) in [6.07, 6.45) is 2.45. The first kappa shape index (κ1) is 10.9. The van der Waals surface area contributed by atoms with Gasteiger partial charge in [0.25, 0.3) is 0 Å². The normalized spacial score (nSPS) is 29.7. The molecule has 3 atom stereocenters. The molecule has 17 heavy (non-hydrogen) atoms. The summed E-state index contributed by atoms with van der Waals surface area (Å²) in [5.41, 5.74) is 8.26. The molecular weight excluding hydrogens is 214 g/mol. The van der Waals surface area contributed by atoms with Gasteiger partial charge in [-0.2, -0.15) is 0 Å². The summed E-state index contributed by atoms with van der Waals surface area (Å²) in [5.74, 6) is 3.24. The van der Waals surface area contributed by atoms with Gasteiger partial charge in [-0.05, 0) is 43.9 Å². The van der Waals surface area contributed by atoms with Crippen LogP contribution in [0.15, 0.2) is 12.1 Å². The highest BCUT2D eigenvalue weighted by atomic mass is 16.5. The van der Waals surface area contributed by atoms with E-state index in [-0.39, 0.29) is 6.10 Å². The molecule has 1 aliphatic carbocycles. The minimum absolute atomic E-state index is 0.287. The third-order valence-electron chi connectivity index (χ3n) is 3.87. The lowest BCUT2D eigenvalue weighted by Crippen LogP contribution is -2.05. The molecule has 0 saturated heterocycles. The topological polar surface area (TPSA) is 44.5 Å². The van der Waals surface area contributed by atoms with Gasteiger partial charge in [-0.15, -0.1) is 0 Å². The highest BCUT2D eigenvalue weighted by Crippen LogP contribution is 2.51. The Balaban J connectivity index is 1.96. The van der Waals surface area contributed by atoms with Crippen molar-refractivity contribution in [1.82, 2.24) is 0 Å². The molecule has 2 aliphatic rings. The van der Waals surface area contributed by atoms with Crippen LogP contribution in [0.25, 0.3) is 0 Å². The second-order valence-corrected chi connectivity index (χ2v) is 5.17. The van der Waals surface area contributed by atoms with Crippen molar-refractivity contribution in [3.63, 3.8) is 0 Å². The summed E-state index contributed by atoms with van der Waals surface area (Å²) in [5, 5.41) is 0. The molecule has 1 aromatic carbocycles. The molecule has 1 aliphatic heterocycles. The molecule has 1 fully saturated rings. The van der Waals surface area contributed by atoms with E-state index in [1.165, 1.54) is 17.5 Å². The second kappa shape index (κ2) is 3.91. The van der Waals surface area contributed by atoms with Crippen molar-refractivity contribution < 1.29 is 9.47 Å². The Morgan fingerprint density at radius 2 is 2.29 bits per heavy atom. The molecule has 3 unspecified atom stereocenters. The van der Waals surface area contributed by atoms with Crippen LogP contribution in [0, 0.1) is 5.92 Å². The number of ether oxygens (including phenoxy) is 2. The number of hydrogen-bond acceptors (Lipinski definition) is 3. The van der Waals surface area contributed by atoms with Crippen LogP contribution in [0.3, 0.4) is 0 Å². The van der Waals surface area contributed by atoms with Gasteiger partial charge in [-0.25, -0.2) is 0 Å². The standard InChI is InChI=1S/C14H19NO2/c1-8-3-9-5-14(16-2)12(6-13(9)17-8)11-4-10(11)7-15/h5-6,8,10-11H,3-4,7,15H2,1-2H3. The fourth-order valence-corrected chi connectivity index (χ4v) is 2.81. The Morgan fingerprint density at radius 1 is 1.47 bits per heavy atom. The van der Waals surface area contributed by atoms with Gasteiger partial charge in [0.05, 0.1) is 7.11 Å². The van der Waals surface area contributed by atoms with Gasteiger partial charge >= 0.3 is 0 Å². The maximum absolute atomic E-state index is 5.81. The monoisotopic (exact) mass is 233 g/mol. The number of nitrogens with two attached hydrogens (primary N) is 1. The Bertz CT molecular complexity index is 444. The summed E-state index contributed by atoms with van der Waals surface area (Å²) in [6, 6.07) is 4.30. The number of fused-ring (bicyclic) bond motifs is 1. The maximum atomic E-state index is 5.81. The van der Waals surface area contributed by atoms with E-state index in [0.717, 1.165) is 24.5 Å².